The molecule has 1 unspecified atom stereocenters. The molecule has 6 nitrogen and oxygen atoms in total. The Balaban J connectivity index is 1.92. The molecule has 0 aliphatic rings. The van der Waals surface area contributed by atoms with Gasteiger partial charge in [0.2, 0.25) is 0 Å². The molecule has 0 fully saturated rings. The predicted molar refractivity (Wildman–Crippen MR) is 88.2 cm³/mol. The van der Waals surface area contributed by atoms with Crippen LogP contribution in [0.1, 0.15) is 28.3 Å². The summed E-state index contributed by atoms with van der Waals surface area (Å²) in [5, 5.41) is 17.7. The molecule has 0 amide bonds. The normalized spacial score (nSPS) is 12.7. The van der Waals surface area contributed by atoms with Crippen LogP contribution >= 0.6 is 11.3 Å². The summed E-state index contributed by atoms with van der Waals surface area (Å²) >= 11 is 1.81. The van der Waals surface area contributed by atoms with Gasteiger partial charge in [0.25, 0.3) is 0 Å². The molecule has 3 aromatic heterocycles. The molecule has 3 heterocycles. The van der Waals surface area contributed by atoms with Gasteiger partial charge >= 0.3 is 0 Å². The first-order valence-electron chi connectivity index (χ1n) is 7.21. The van der Waals surface area contributed by atoms with Crippen LogP contribution in [0.2, 0.25) is 0 Å². The van der Waals surface area contributed by atoms with E-state index in [1.54, 1.807) is 22.2 Å². The Hall–Kier alpha value is -1.99. The summed E-state index contributed by atoms with van der Waals surface area (Å²) in [6.07, 6.45) is 3.27. The first kappa shape index (κ1) is 14.9. The number of aromatic nitrogens is 4. The zero-order chi connectivity index (χ0) is 15.7. The van der Waals surface area contributed by atoms with Crippen molar-refractivity contribution in [2.75, 3.05) is 11.9 Å². The number of hydrogen-bond donors (Lipinski definition) is 2. The first-order valence-corrected chi connectivity index (χ1v) is 8.02. The lowest BCUT2D eigenvalue weighted by Gasteiger charge is -2.15. The van der Waals surface area contributed by atoms with Gasteiger partial charge in [0.15, 0.2) is 5.65 Å². The summed E-state index contributed by atoms with van der Waals surface area (Å²) in [4.78, 5) is 11.2. The lowest BCUT2D eigenvalue weighted by molar-refractivity contribution is 0.271. The monoisotopic (exact) mass is 317 g/mol. The molecule has 0 aliphatic heterocycles. The summed E-state index contributed by atoms with van der Waals surface area (Å²) in [7, 11) is 0. The first-order chi connectivity index (χ1) is 10.6. The highest BCUT2D eigenvalue weighted by molar-refractivity contribution is 7.12. The summed E-state index contributed by atoms with van der Waals surface area (Å²) in [6.45, 7) is 6.85. The minimum Gasteiger partial charge on any atom is -0.394 e. The van der Waals surface area contributed by atoms with Gasteiger partial charge in [0.05, 0.1) is 30.8 Å². The van der Waals surface area contributed by atoms with Gasteiger partial charge in [0.1, 0.15) is 12.1 Å². The maximum Gasteiger partial charge on any atom is 0.163 e. The van der Waals surface area contributed by atoms with Crippen molar-refractivity contribution in [1.29, 1.82) is 0 Å². The zero-order valence-corrected chi connectivity index (χ0v) is 13.7. The van der Waals surface area contributed by atoms with Crippen LogP contribution in [0.25, 0.3) is 11.0 Å². The Bertz CT molecular complexity index is 794. The van der Waals surface area contributed by atoms with Crippen molar-refractivity contribution in [3.63, 3.8) is 0 Å². The van der Waals surface area contributed by atoms with Gasteiger partial charge in [-0.15, -0.1) is 11.3 Å². The third kappa shape index (κ3) is 2.69. The molecule has 0 radical (unpaired) electrons. The lowest BCUT2D eigenvalue weighted by Crippen LogP contribution is -2.09. The second-order valence-corrected chi connectivity index (χ2v) is 6.75. The summed E-state index contributed by atoms with van der Waals surface area (Å²) in [6, 6.07) is 2.37. The van der Waals surface area contributed by atoms with E-state index in [2.05, 4.69) is 47.2 Å². The third-order valence-electron chi connectivity index (χ3n) is 3.64. The van der Waals surface area contributed by atoms with Crippen molar-refractivity contribution in [3.05, 3.63) is 33.9 Å². The van der Waals surface area contributed by atoms with E-state index in [1.807, 2.05) is 0 Å². The standard InChI is InChI=1S/C15H19N5OS/c1-9-6-12(11(3)22-9)10(2)19-14-13-7-18-20(4-5-21)15(13)17-8-16-14/h6-8,10,21H,4-5H2,1-3H3,(H,16,17,19). The molecule has 22 heavy (non-hydrogen) atoms. The van der Waals surface area contributed by atoms with Gasteiger partial charge < -0.3 is 10.4 Å². The van der Waals surface area contributed by atoms with Gasteiger partial charge in [-0.1, -0.05) is 0 Å². The quantitative estimate of drug-likeness (QED) is 0.756. The predicted octanol–water partition coefficient (Wildman–Crippen LogP) is 2.67. The molecule has 3 rings (SSSR count). The van der Waals surface area contributed by atoms with Gasteiger partial charge in [0, 0.05) is 9.75 Å². The summed E-state index contributed by atoms with van der Waals surface area (Å²) < 4.78 is 1.69. The second-order valence-electron chi connectivity index (χ2n) is 5.29. The fourth-order valence-electron chi connectivity index (χ4n) is 2.63. The van der Waals surface area contributed by atoms with Crippen LogP contribution in [0.5, 0.6) is 0 Å². The molecule has 0 saturated carbocycles. The molecular formula is C15H19N5OS. The van der Waals surface area contributed by atoms with Crippen LogP contribution in [0, 0.1) is 13.8 Å². The molecule has 1 atom stereocenters. The van der Waals surface area contributed by atoms with Gasteiger partial charge in [-0.25, -0.2) is 14.6 Å². The summed E-state index contributed by atoms with van der Waals surface area (Å²) in [5.41, 5.74) is 2.02. The number of thiophene rings is 1. The Morgan fingerprint density at radius 1 is 1.36 bits per heavy atom. The van der Waals surface area contributed by atoms with E-state index in [1.165, 1.54) is 21.6 Å². The molecule has 3 aromatic rings. The van der Waals surface area contributed by atoms with Crippen molar-refractivity contribution < 1.29 is 5.11 Å². The Morgan fingerprint density at radius 3 is 2.86 bits per heavy atom. The average Bonchev–Trinajstić information content (AvgIpc) is 3.04. The molecule has 2 N–H and O–H groups in total. The van der Waals surface area contributed by atoms with E-state index in [0.717, 1.165) is 16.9 Å². The number of anilines is 1. The number of rotatable bonds is 5. The molecule has 0 bridgehead atoms. The molecule has 7 heteroatoms. The molecule has 0 aliphatic carbocycles. The Kier molecular flexibility index (Phi) is 4.08. The highest BCUT2D eigenvalue weighted by Crippen LogP contribution is 2.29. The maximum absolute atomic E-state index is 9.08. The fourth-order valence-corrected chi connectivity index (χ4v) is 3.65. The third-order valence-corrected chi connectivity index (χ3v) is 4.63. The molecule has 116 valence electrons. The lowest BCUT2D eigenvalue weighted by atomic mass is 10.1. The van der Waals surface area contributed by atoms with E-state index in [9.17, 15) is 0 Å². The van der Waals surface area contributed by atoms with Crippen molar-refractivity contribution in [2.24, 2.45) is 0 Å². The fraction of sp³-hybridized carbons (Fsp3) is 0.400. The average molecular weight is 317 g/mol. The zero-order valence-electron chi connectivity index (χ0n) is 12.9. The van der Waals surface area contributed by atoms with E-state index in [4.69, 9.17) is 5.11 Å². The number of nitrogens with zero attached hydrogens (tertiary/aromatic N) is 4. The number of hydrogen-bond acceptors (Lipinski definition) is 6. The van der Waals surface area contributed by atoms with Crippen molar-refractivity contribution in [3.8, 4) is 0 Å². The van der Waals surface area contributed by atoms with Crippen LogP contribution in [-0.4, -0.2) is 31.5 Å². The highest BCUT2D eigenvalue weighted by atomic mass is 32.1. The Morgan fingerprint density at radius 2 is 2.18 bits per heavy atom. The largest absolute Gasteiger partial charge is 0.394 e. The number of aryl methyl sites for hydroxylation is 2. The van der Waals surface area contributed by atoms with Crippen molar-refractivity contribution in [2.45, 2.75) is 33.4 Å². The molecule has 0 saturated heterocycles. The van der Waals surface area contributed by atoms with Crippen molar-refractivity contribution >= 4 is 28.2 Å². The van der Waals surface area contributed by atoms with Crippen LogP contribution in [0.15, 0.2) is 18.6 Å². The van der Waals surface area contributed by atoms with Crippen LogP contribution < -0.4 is 5.32 Å². The van der Waals surface area contributed by atoms with Crippen molar-refractivity contribution in [1.82, 2.24) is 19.7 Å². The number of nitrogens with one attached hydrogen (secondary N) is 1. The van der Waals surface area contributed by atoms with E-state index in [0.29, 0.717) is 6.54 Å². The van der Waals surface area contributed by atoms with Gasteiger partial charge in [-0.05, 0) is 32.4 Å². The van der Waals surface area contributed by atoms with Crippen LogP contribution in [0.4, 0.5) is 5.82 Å². The van der Waals surface area contributed by atoms with E-state index >= 15 is 0 Å². The number of aliphatic hydroxyl groups is 1. The Labute approximate surface area is 132 Å². The SMILES string of the molecule is Cc1cc(C(C)Nc2ncnc3c2cnn3CCO)c(C)s1. The maximum atomic E-state index is 9.08. The minimum atomic E-state index is 0.0350. The second kappa shape index (κ2) is 6.02. The highest BCUT2D eigenvalue weighted by Gasteiger charge is 2.15. The summed E-state index contributed by atoms with van der Waals surface area (Å²) in [5.74, 6) is 0.768. The van der Waals surface area contributed by atoms with Gasteiger partial charge in [-0.3, -0.25) is 0 Å². The number of fused-ring (bicyclic) bond motifs is 1. The van der Waals surface area contributed by atoms with Crippen LogP contribution in [-0.2, 0) is 6.54 Å². The van der Waals surface area contributed by atoms with Gasteiger partial charge in [-0.2, -0.15) is 5.10 Å². The molecule has 0 spiro atoms. The number of aliphatic hydroxyl groups excluding tert-OH is 1. The smallest absolute Gasteiger partial charge is 0.163 e. The minimum absolute atomic E-state index is 0.0350. The topological polar surface area (TPSA) is 75.9 Å². The van der Waals surface area contributed by atoms with Crippen LogP contribution in [0.3, 0.4) is 0 Å². The van der Waals surface area contributed by atoms with E-state index in [-0.39, 0.29) is 12.6 Å². The molecular weight excluding hydrogens is 298 g/mol. The van der Waals surface area contributed by atoms with E-state index < -0.39 is 0 Å². The molecule has 0 aromatic carbocycles.